The molecule has 0 bridgehead atoms. The number of hydrogen-bond acceptors (Lipinski definition) is 2. The van der Waals surface area contributed by atoms with Gasteiger partial charge in [-0.05, 0) is 44.8 Å². The summed E-state index contributed by atoms with van der Waals surface area (Å²) in [4.78, 5) is 14.5. The average Bonchev–Trinajstić information content (AvgIpc) is 2.43. The van der Waals surface area contributed by atoms with Crippen LogP contribution in [0.1, 0.15) is 50.0 Å². The van der Waals surface area contributed by atoms with E-state index in [0.29, 0.717) is 5.92 Å². The summed E-state index contributed by atoms with van der Waals surface area (Å²) in [7, 11) is 2.03. The molecule has 0 amide bonds. The molecule has 0 aromatic heterocycles. The fourth-order valence-electron chi connectivity index (χ4n) is 2.00. The van der Waals surface area contributed by atoms with Gasteiger partial charge in [-0.1, -0.05) is 45.0 Å². The quantitative estimate of drug-likeness (QED) is 0.696. The van der Waals surface area contributed by atoms with Crippen LogP contribution in [0.5, 0.6) is 0 Å². The fourth-order valence-corrected chi connectivity index (χ4v) is 2.00. The number of ketones is 1. The van der Waals surface area contributed by atoms with Crippen molar-refractivity contribution in [3.05, 3.63) is 35.4 Å². The molecule has 0 fully saturated rings. The van der Waals surface area contributed by atoms with Crippen LogP contribution in [0.3, 0.4) is 0 Å². The lowest BCUT2D eigenvalue weighted by Crippen LogP contribution is -2.37. The summed E-state index contributed by atoms with van der Waals surface area (Å²) in [6.45, 7) is 9.51. The van der Waals surface area contributed by atoms with Crippen LogP contribution >= 0.6 is 0 Å². The SMILES string of the molecule is CCc1ccc(C(=O)C(C)N(C)CCC(C)C)cc1. The highest BCUT2D eigenvalue weighted by Gasteiger charge is 2.19. The van der Waals surface area contributed by atoms with Crippen molar-refractivity contribution in [1.29, 1.82) is 0 Å². The topological polar surface area (TPSA) is 20.3 Å². The number of benzene rings is 1. The largest absolute Gasteiger partial charge is 0.297 e. The Bertz CT molecular complexity index is 394. The molecule has 1 atom stereocenters. The van der Waals surface area contributed by atoms with E-state index >= 15 is 0 Å². The minimum Gasteiger partial charge on any atom is -0.297 e. The lowest BCUT2D eigenvalue weighted by atomic mass is 10.0. The molecule has 0 radical (unpaired) electrons. The van der Waals surface area contributed by atoms with Gasteiger partial charge in [-0.15, -0.1) is 0 Å². The van der Waals surface area contributed by atoms with E-state index in [1.807, 2.05) is 38.2 Å². The highest BCUT2D eigenvalue weighted by molar-refractivity contribution is 5.99. The molecule has 1 aromatic rings. The maximum atomic E-state index is 12.4. The normalized spacial score (nSPS) is 13.0. The van der Waals surface area contributed by atoms with Crippen LogP contribution in [0.15, 0.2) is 24.3 Å². The summed E-state index contributed by atoms with van der Waals surface area (Å²) in [6.07, 6.45) is 2.14. The van der Waals surface area contributed by atoms with E-state index in [2.05, 4.69) is 25.7 Å². The van der Waals surface area contributed by atoms with E-state index in [-0.39, 0.29) is 11.8 Å². The summed E-state index contributed by atoms with van der Waals surface area (Å²) < 4.78 is 0. The Hall–Kier alpha value is -1.15. The molecule has 1 unspecified atom stereocenters. The third-order valence-corrected chi connectivity index (χ3v) is 3.75. The Morgan fingerprint density at radius 2 is 1.74 bits per heavy atom. The molecule has 0 aliphatic rings. The molecular weight excluding hydrogens is 234 g/mol. The van der Waals surface area contributed by atoms with Gasteiger partial charge in [-0.2, -0.15) is 0 Å². The number of carbonyl (C=O) groups is 1. The van der Waals surface area contributed by atoms with Crippen molar-refractivity contribution in [2.24, 2.45) is 5.92 Å². The van der Waals surface area contributed by atoms with E-state index in [9.17, 15) is 4.79 Å². The van der Waals surface area contributed by atoms with Crippen LogP contribution in [0.2, 0.25) is 0 Å². The first kappa shape index (κ1) is 15.9. The summed E-state index contributed by atoms with van der Waals surface area (Å²) in [5, 5.41) is 0. The van der Waals surface area contributed by atoms with Crippen LogP contribution in [0.4, 0.5) is 0 Å². The molecular formula is C17H27NO. The molecule has 19 heavy (non-hydrogen) atoms. The van der Waals surface area contributed by atoms with Gasteiger partial charge < -0.3 is 0 Å². The van der Waals surface area contributed by atoms with Gasteiger partial charge in [0.15, 0.2) is 5.78 Å². The highest BCUT2D eigenvalue weighted by Crippen LogP contribution is 2.11. The third-order valence-electron chi connectivity index (χ3n) is 3.75. The lowest BCUT2D eigenvalue weighted by molar-refractivity contribution is 0.0864. The maximum absolute atomic E-state index is 12.4. The number of hydrogen-bond donors (Lipinski definition) is 0. The Labute approximate surface area is 117 Å². The van der Waals surface area contributed by atoms with E-state index in [0.717, 1.165) is 24.9 Å². The zero-order valence-electron chi connectivity index (χ0n) is 12.9. The minimum atomic E-state index is -0.0498. The predicted octanol–water partition coefficient (Wildman–Crippen LogP) is 3.80. The van der Waals surface area contributed by atoms with Crippen molar-refractivity contribution in [3.8, 4) is 0 Å². The van der Waals surface area contributed by atoms with Gasteiger partial charge in [0.1, 0.15) is 0 Å². The monoisotopic (exact) mass is 261 g/mol. The van der Waals surface area contributed by atoms with Crippen molar-refractivity contribution in [3.63, 3.8) is 0 Å². The van der Waals surface area contributed by atoms with Gasteiger partial charge in [0, 0.05) is 5.56 Å². The second-order valence-electron chi connectivity index (χ2n) is 5.75. The molecule has 0 spiro atoms. The van der Waals surface area contributed by atoms with E-state index in [4.69, 9.17) is 0 Å². The summed E-state index contributed by atoms with van der Waals surface area (Å²) >= 11 is 0. The number of carbonyl (C=O) groups excluding carboxylic acids is 1. The van der Waals surface area contributed by atoms with Gasteiger partial charge in [-0.3, -0.25) is 9.69 Å². The number of likely N-dealkylation sites (N-methyl/N-ethyl adjacent to an activating group) is 1. The van der Waals surface area contributed by atoms with Gasteiger partial charge in [-0.25, -0.2) is 0 Å². The van der Waals surface area contributed by atoms with Gasteiger partial charge in [0.25, 0.3) is 0 Å². The molecule has 0 aliphatic heterocycles. The summed E-state index contributed by atoms with van der Waals surface area (Å²) in [5.74, 6) is 0.891. The van der Waals surface area contributed by atoms with Crippen LogP contribution in [-0.2, 0) is 6.42 Å². The molecule has 2 heteroatoms. The highest BCUT2D eigenvalue weighted by atomic mass is 16.1. The Morgan fingerprint density at radius 1 is 1.16 bits per heavy atom. The Balaban J connectivity index is 2.64. The second kappa shape index (κ2) is 7.44. The molecule has 0 aliphatic carbocycles. The zero-order chi connectivity index (χ0) is 14.4. The van der Waals surface area contributed by atoms with Crippen molar-refractivity contribution >= 4 is 5.78 Å². The van der Waals surface area contributed by atoms with Crippen LogP contribution < -0.4 is 0 Å². The number of rotatable bonds is 7. The molecule has 0 N–H and O–H groups in total. The van der Waals surface area contributed by atoms with Crippen LogP contribution in [0, 0.1) is 5.92 Å². The molecule has 1 rings (SSSR count). The maximum Gasteiger partial charge on any atom is 0.179 e. The average molecular weight is 261 g/mol. The van der Waals surface area contributed by atoms with Crippen LogP contribution in [0.25, 0.3) is 0 Å². The van der Waals surface area contributed by atoms with Crippen molar-refractivity contribution < 1.29 is 4.79 Å². The summed E-state index contributed by atoms with van der Waals surface area (Å²) in [5.41, 5.74) is 2.10. The molecule has 0 heterocycles. The first-order valence-electron chi connectivity index (χ1n) is 7.29. The minimum absolute atomic E-state index is 0.0498. The van der Waals surface area contributed by atoms with Gasteiger partial charge in [0.2, 0.25) is 0 Å². The Morgan fingerprint density at radius 3 is 2.21 bits per heavy atom. The molecule has 2 nitrogen and oxygen atoms in total. The molecule has 0 saturated heterocycles. The van der Waals surface area contributed by atoms with E-state index in [1.165, 1.54) is 5.56 Å². The predicted molar refractivity (Wildman–Crippen MR) is 81.7 cm³/mol. The van der Waals surface area contributed by atoms with Gasteiger partial charge in [0.05, 0.1) is 6.04 Å². The van der Waals surface area contributed by atoms with Crippen molar-refractivity contribution in [2.45, 2.75) is 46.6 Å². The summed E-state index contributed by atoms with van der Waals surface area (Å²) in [6, 6.07) is 7.95. The second-order valence-corrected chi connectivity index (χ2v) is 5.75. The van der Waals surface area contributed by atoms with Crippen molar-refractivity contribution in [1.82, 2.24) is 4.90 Å². The molecule has 106 valence electrons. The number of nitrogens with zero attached hydrogens (tertiary/aromatic N) is 1. The standard InChI is InChI=1S/C17H27NO/c1-6-15-7-9-16(10-8-15)17(19)14(4)18(5)12-11-13(2)3/h7-10,13-14H,6,11-12H2,1-5H3. The fraction of sp³-hybridized carbons (Fsp3) is 0.588. The number of aryl methyl sites for hydroxylation is 1. The molecule has 0 saturated carbocycles. The van der Waals surface area contributed by atoms with E-state index < -0.39 is 0 Å². The van der Waals surface area contributed by atoms with E-state index in [1.54, 1.807) is 0 Å². The third kappa shape index (κ3) is 4.79. The van der Waals surface area contributed by atoms with Crippen molar-refractivity contribution in [2.75, 3.05) is 13.6 Å². The zero-order valence-corrected chi connectivity index (χ0v) is 12.9. The lowest BCUT2D eigenvalue weighted by Gasteiger charge is -2.24. The molecule has 1 aromatic carbocycles. The van der Waals surface area contributed by atoms with Crippen LogP contribution in [-0.4, -0.2) is 30.3 Å². The first-order valence-corrected chi connectivity index (χ1v) is 7.29. The Kier molecular flexibility index (Phi) is 6.23. The smallest absolute Gasteiger partial charge is 0.179 e. The number of Topliss-reactive ketones (excluding diaryl/α,β-unsaturated/α-hetero) is 1. The first-order chi connectivity index (χ1) is 8.95. The van der Waals surface area contributed by atoms with Gasteiger partial charge >= 0.3 is 0 Å².